The fourth-order valence-electron chi connectivity index (χ4n) is 0. The Morgan fingerprint density at radius 3 is 0.500 bits per heavy atom. The highest BCUT2D eigenvalue weighted by Gasteiger charge is 1.04. The summed E-state index contributed by atoms with van der Waals surface area (Å²) in [6, 6.07) is 0. The van der Waals surface area contributed by atoms with E-state index in [1.165, 1.54) is 0 Å². The molecule has 0 aliphatic carbocycles. The first kappa shape index (κ1) is 125. The molecule has 0 saturated carbocycles. The third-order valence-electron chi connectivity index (χ3n) is 0. The highest BCUT2D eigenvalue weighted by molar-refractivity contribution is 5.26. The first-order chi connectivity index (χ1) is 5.83. The van der Waals surface area contributed by atoms with Crippen molar-refractivity contribution in [1.29, 1.82) is 10.8 Å². The molecule has 0 aromatic heterocycles. The van der Waals surface area contributed by atoms with Crippen molar-refractivity contribution in [2.75, 3.05) is 0 Å². The van der Waals surface area contributed by atoms with E-state index in [1.807, 2.05) is 41.5 Å². The molecule has 4 heteroatoms. The highest BCUT2D eigenvalue weighted by Crippen LogP contribution is 1.15. The molecule has 0 fully saturated rings. The maximum atomic E-state index is 8.35. The van der Waals surface area contributed by atoms with E-state index in [2.05, 4.69) is 0 Å². The molecule has 0 bridgehead atoms. The van der Waals surface area contributed by atoms with Crippen molar-refractivity contribution in [1.82, 2.24) is 0 Å². The summed E-state index contributed by atoms with van der Waals surface area (Å²) in [5.74, 6) is 0. The Balaban J connectivity index is -0.00000000353. The van der Waals surface area contributed by atoms with Crippen molar-refractivity contribution in [3.63, 3.8) is 0 Å². The van der Waals surface area contributed by atoms with E-state index in [1.54, 1.807) is 0 Å². The van der Waals surface area contributed by atoms with E-state index in [4.69, 9.17) is 20.4 Å². The number of hydrogen-bond acceptors (Lipinski definition) is 4. The van der Waals surface area contributed by atoms with Crippen molar-refractivity contribution < 1.29 is 9.59 Å². The quantitative estimate of drug-likeness (QED) is 0.380. The minimum Gasteiger partial charge on any atom is -0.222 e. The van der Waals surface area contributed by atoms with Gasteiger partial charge in [0.05, 0.1) is 0 Å². The molecule has 18 heavy (non-hydrogen) atoms. The van der Waals surface area contributed by atoms with Crippen molar-refractivity contribution in [3.8, 4) is 0 Å². The van der Waals surface area contributed by atoms with E-state index in [-0.39, 0.29) is 44.6 Å². The standard InChI is InChI=1S/3C2H6.2CHNO.6CH4/c3*1-2;2*2-1-3;;;;;;/h3*1-2H3;2*2H;6*1H4. The van der Waals surface area contributed by atoms with Gasteiger partial charge in [0.2, 0.25) is 12.2 Å². The summed E-state index contributed by atoms with van der Waals surface area (Å²) in [6.45, 7) is 12.0. The molecule has 0 aromatic carbocycles. The lowest BCUT2D eigenvalue weighted by molar-refractivity contribution is 0.562. The Morgan fingerprint density at radius 1 is 0.500 bits per heavy atom. The molecule has 0 aliphatic rings. The van der Waals surface area contributed by atoms with Crippen molar-refractivity contribution >= 4 is 12.2 Å². The molecule has 0 saturated heterocycles. The van der Waals surface area contributed by atoms with Crippen LogP contribution >= 0.6 is 0 Å². The van der Waals surface area contributed by atoms with Gasteiger partial charge in [-0.15, -0.1) is 0 Å². The molecule has 122 valence electrons. The van der Waals surface area contributed by atoms with Crippen LogP contribution < -0.4 is 0 Å². The van der Waals surface area contributed by atoms with Gasteiger partial charge in [-0.05, 0) is 0 Å². The van der Waals surface area contributed by atoms with Crippen LogP contribution in [0, 0.1) is 10.8 Å². The van der Waals surface area contributed by atoms with E-state index >= 15 is 0 Å². The molecule has 0 atom stereocenters. The van der Waals surface area contributed by atoms with Crippen LogP contribution in [-0.4, -0.2) is 12.2 Å². The summed E-state index contributed by atoms with van der Waals surface area (Å²) in [4.78, 5) is 16.7. The number of rotatable bonds is 0. The van der Waals surface area contributed by atoms with Gasteiger partial charge < -0.3 is 0 Å². The van der Waals surface area contributed by atoms with E-state index < -0.39 is 0 Å². The zero-order chi connectivity index (χ0) is 11.4. The average Bonchev–Trinajstić information content (AvgIpc) is 2.16. The molecule has 0 heterocycles. The maximum absolute atomic E-state index is 8.35. The Labute approximate surface area is 119 Å². The lowest BCUT2D eigenvalue weighted by Crippen LogP contribution is -1.16. The van der Waals surface area contributed by atoms with Crippen molar-refractivity contribution in [3.05, 3.63) is 0 Å². The third-order valence-corrected chi connectivity index (χ3v) is 0. The van der Waals surface area contributed by atoms with Crippen LogP contribution in [0.25, 0.3) is 0 Å². The number of nitrogens with one attached hydrogen (secondary N) is 2. The summed E-state index contributed by atoms with van der Waals surface area (Å²) < 4.78 is 0. The number of carbonyl (C=O) groups excluding carboxylic acids is 2. The van der Waals surface area contributed by atoms with Gasteiger partial charge >= 0.3 is 0 Å². The molecule has 0 rings (SSSR count). The lowest BCUT2D eigenvalue weighted by atomic mass is 11.0. The molecular formula is C14H44N2O2. The van der Waals surface area contributed by atoms with E-state index in [0.29, 0.717) is 0 Å². The molecule has 0 aromatic rings. The zero-order valence-corrected chi connectivity index (χ0v) is 8.82. The third kappa shape index (κ3) is 1820. The first-order valence-electron chi connectivity index (χ1n) is 3.91. The van der Waals surface area contributed by atoms with Crippen LogP contribution in [0.3, 0.4) is 0 Å². The smallest absolute Gasteiger partial charge is 0.222 e. The number of hydrogen-bond donors (Lipinski definition) is 2. The molecular weight excluding hydrogens is 228 g/mol. The topological polar surface area (TPSA) is 81.8 Å². The largest absolute Gasteiger partial charge is 0.231 e. The Bertz CT molecular complexity index is 71.8. The molecule has 0 spiro atoms. The van der Waals surface area contributed by atoms with Gasteiger partial charge in [0.15, 0.2) is 0 Å². The minimum absolute atomic E-state index is 0. The second-order valence-corrected chi connectivity index (χ2v) is 0.204. The predicted octanol–water partition coefficient (Wildman–Crippen LogP) is 6.70. The first-order valence-corrected chi connectivity index (χ1v) is 3.91. The zero-order valence-electron chi connectivity index (χ0n) is 8.82. The normalized spacial score (nSPS) is 1.89. The predicted molar refractivity (Wildman–Crippen MR) is 91.3 cm³/mol. The number of isocyanates is 2. The minimum atomic E-state index is 0. The molecule has 0 radical (unpaired) electrons. The second-order valence-electron chi connectivity index (χ2n) is 0.204. The van der Waals surface area contributed by atoms with Crippen LogP contribution in [0.2, 0.25) is 0 Å². The molecule has 0 aliphatic heterocycles. The maximum Gasteiger partial charge on any atom is 0.231 e. The van der Waals surface area contributed by atoms with Gasteiger partial charge in [-0.25, -0.2) is 20.4 Å². The Hall–Kier alpha value is -1.24. The molecule has 4 nitrogen and oxygen atoms in total. The van der Waals surface area contributed by atoms with E-state index in [9.17, 15) is 0 Å². The monoisotopic (exact) mass is 272 g/mol. The van der Waals surface area contributed by atoms with Gasteiger partial charge in [0.1, 0.15) is 0 Å². The van der Waals surface area contributed by atoms with Gasteiger partial charge in [-0.3, -0.25) is 0 Å². The molecule has 0 amide bonds. The van der Waals surface area contributed by atoms with Crippen LogP contribution in [0.5, 0.6) is 0 Å². The van der Waals surface area contributed by atoms with Gasteiger partial charge in [-0.2, -0.15) is 0 Å². The molecule has 0 unspecified atom stereocenters. The SMILES string of the molecule is C.C.C.C.C.C.CC.CC.CC.N=C=O.N=C=O. The van der Waals surface area contributed by atoms with Gasteiger partial charge in [-0.1, -0.05) is 86.1 Å². The lowest BCUT2D eigenvalue weighted by Gasteiger charge is -1.07. The Kier molecular flexibility index (Phi) is 41400. The van der Waals surface area contributed by atoms with E-state index in [0.717, 1.165) is 12.2 Å². The highest BCUT2D eigenvalue weighted by atomic mass is 16.1. The summed E-state index contributed by atoms with van der Waals surface area (Å²) in [7, 11) is 0. The second kappa shape index (κ2) is 5940. The summed E-state index contributed by atoms with van der Waals surface area (Å²) in [5, 5.41) is 10.8. The van der Waals surface area contributed by atoms with Crippen LogP contribution in [0.15, 0.2) is 0 Å². The van der Waals surface area contributed by atoms with Gasteiger partial charge in [0.25, 0.3) is 0 Å². The van der Waals surface area contributed by atoms with Crippen LogP contribution in [0.4, 0.5) is 0 Å². The fourth-order valence-corrected chi connectivity index (χ4v) is 0. The van der Waals surface area contributed by atoms with Gasteiger partial charge in [0, 0.05) is 0 Å². The van der Waals surface area contributed by atoms with Crippen molar-refractivity contribution in [2.24, 2.45) is 0 Å². The fraction of sp³-hybridized carbons (Fsp3) is 0.857. The summed E-state index contributed by atoms with van der Waals surface area (Å²) >= 11 is 0. The molecule has 2 N–H and O–H groups in total. The average molecular weight is 273 g/mol. The summed E-state index contributed by atoms with van der Waals surface area (Å²) in [5.41, 5.74) is 0. The van der Waals surface area contributed by atoms with Crippen molar-refractivity contribution in [2.45, 2.75) is 86.1 Å². The van der Waals surface area contributed by atoms with Crippen LogP contribution in [0.1, 0.15) is 86.1 Å². The Morgan fingerprint density at radius 2 is 0.500 bits per heavy atom. The van der Waals surface area contributed by atoms with Crippen LogP contribution in [-0.2, 0) is 9.59 Å². The summed E-state index contributed by atoms with van der Waals surface area (Å²) in [6.07, 6.45) is 1.50.